The molecule has 2 aromatic rings. The first kappa shape index (κ1) is 23.7. The van der Waals surface area contributed by atoms with E-state index in [2.05, 4.69) is 4.74 Å². The van der Waals surface area contributed by atoms with E-state index in [-0.39, 0.29) is 35.2 Å². The molecule has 0 saturated heterocycles. The summed E-state index contributed by atoms with van der Waals surface area (Å²) in [5, 5.41) is 10.0. The van der Waals surface area contributed by atoms with E-state index in [4.69, 9.17) is 5.73 Å². The number of ether oxygens (including phenoxy) is 1. The zero-order valence-corrected chi connectivity index (χ0v) is 18.5. The zero-order valence-electron chi connectivity index (χ0n) is 18.5. The number of hydrogen-bond acceptors (Lipinski definition) is 5. The summed E-state index contributed by atoms with van der Waals surface area (Å²) in [5.41, 5.74) is 5.43. The molecular formula is C24H27F3N2O3. The van der Waals surface area contributed by atoms with Crippen molar-refractivity contribution in [1.82, 2.24) is 4.90 Å². The molecule has 0 spiro atoms. The van der Waals surface area contributed by atoms with Crippen LogP contribution in [-0.4, -0.2) is 41.3 Å². The molecule has 0 radical (unpaired) electrons. The predicted octanol–water partition coefficient (Wildman–Crippen LogP) is 4.52. The van der Waals surface area contributed by atoms with Crippen LogP contribution in [0.25, 0.3) is 6.08 Å². The van der Waals surface area contributed by atoms with E-state index in [1.54, 1.807) is 4.90 Å². The quantitative estimate of drug-likeness (QED) is 0.304. The highest BCUT2D eigenvalue weighted by Gasteiger charge is 2.39. The summed E-state index contributed by atoms with van der Waals surface area (Å²) in [6.45, 7) is 4.59. The Balaban J connectivity index is 2.18. The van der Waals surface area contributed by atoms with Gasteiger partial charge in [0, 0.05) is 24.2 Å². The Labute approximate surface area is 185 Å². The number of hydrogen-bond donors (Lipinski definition) is 2. The lowest BCUT2D eigenvalue weighted by molar-refractivity contribution is -0.134. The first-order valence-corrected chi connectivity index (χ1v) is 10.2. The maximum Gasteiger partial charge on any atom is 0.330 e. The van der Waals surface area contributed by atoms with Gasteiger partial charge in [-0.3, -0.25) is 4.90 Å². The molecule has 172 valence electrons. The van der Waals surface area contributed by atoms with Crippen molar-refractivity contribution in [2.24, 2.45) is 0 Å². The molecule has 8 heteroatoms. The van der Waals surface area contributed by atoms with Crippen molar-refractivity contribution in [3.8, 4) is 5.75 Å². The SMILES string of the molecule is COC(=O)/C=C/c1cc(F)c([C@H]2c3cc(N)c(O)cc3C[C@H](C)N2CC(C)(C)F)c(F)c1. The van der Waals surface area contributed by atoms with E-state index in [1.165, 1.54) is 39.2 Å². The topological polar surface area (TPSA) is 75.8 Å². The van der Waals surface area contributed by atoms with Crippen LogP contribution in [0.4, 0.5) is 18.9 Å². The van der Waals surface area contributed by atoms with E-state index >= 15 is 8.78 Å². The minimum Gasteiger partial charge on any atom is -0.506 e. The highest BCUT2D eigenvalue weighted by molar-refractivity contribution is 5.86. The number of nitrogen functional groups attached to an aromatic ring is 1. The maximum absolute atomic E-state index is 15.3. The number of methoxy groups -OCH3 is 1. The van der Waals surface area contributed by atoms with Crippen LogP contribution < -0.4 is 5.73 Å². The highest BCUT2D eigenvalue weighted by atomic mass is 19.1. The smallest absolute Gasteiger partial charge is 0.330 e. The summed E-state index contributed by atoms with van der Waals surface area (Å²) in [7, 11) is 1.20. The summed E-state index contributed by atoms with van der Waals surface area (Å²) in [4.78, 5) is 13.0. The second-order valence-corrected chi connectivity index (χ2v) is 8.71. The lowest BCUT2D eigenvalue weighted by Crippen LogP contribution is -2.48. The number of nitrogens with two attached hydrogens (primary N) is 1. The highest BCUT2D eigenvalue weighted by Crippen LogP contribution is 2.43. The summed E-state index contributed by atoms with van der Waals surface area (Å²) < 4.78 is 49.8. The molecule has 0 amide bonds. The second kappa shape index (κ2) is 8.86. The molecule has 5 nitrogen and oxygen atoms in total. The largest absolute Gasteiger partial charge is 0.506 e. The fourth-order valence-electron chi connectivity index (χ4n) is 4.16. The molecule has 0 saturated carbocycles. The molecule has 0 aromatic heterocycles. The molecule has 2 atom stereocenters. The fourth-order valence-corrected chi connectivity index (χ4v) is 4.16. The van der Waals surface area contributed by atoms with Gasteiger partial charge in [-0.15, -0.1) is 0 Å². The van der Waals surface area contributed by atoms with Crippen LogP contribution in [-0.2, 0) is 16.0 Å². The molecular weight excluding hydrogens is 421 g/mol. The van der Waals surface area contributed by atoms with Gasteiger partial charge in [-0.25, -0.2) is 18.0 Å². The van der Waals surface area contributed by atoms with E-state index in [9.17, 15) is 14.3 Å². The zero-order chi connectivity index (χ0) is 23.8. The van der Waals surface area contributed by atoms with Crippen molar-refractivity contribution in [3.63, 3.8) is 0 Å². The van der Waals surface area contributed by atoms with E-state index < -0.39 is 29.3 Å². The third-order valence-electron chi connectivity index (χ3n) is 5.54. The number of aromatic hydroxyl groups is 1. The van der Waals surface area contributed by atoms with Crippen molar-refractivity contribution < 1.29 is 27.8 Å². The number of halogens is 3. The van der Waals surface area contributed by atoms with Gasteiger partial charge in [0.2, 0.25) is 0 Å². The van der Waals surface area contributed by atoms with Crippen LogP contribution in [0.5, 0.6) is 5.75 Å². The molecule has 1 heterocycles. The molecule has 1 aliphatic rings. The normalized spacial score (nSPS) is 19.2. The molecule has 2 aromatic carbocycles. The molecule has 0 fully saturated rings. The summed E-state index contributed by atoms with van der Waals surface area (Å²) in [6.07, 6.45) is 2.77. The van der Waals surface area contributed by atoms with E-state index in [0.717, 1.165) is 18.2 Å². The van der Waals surface area contributed by atoms with Crippen molar-refractivity contribution in [2.75, 3.05) is 19.4 Å². The number of nitrogens with zero attached hydrogens (tertiary/aromatic N) is 1. The second-order valence-electron chi connectivity index (χ2n) is 8.71. The Morgan fingerprint density at radius 1 is 1.28 bits per heavy atom. The first-order valence-electron chi connectivity index (χ1n) is 10.2. The third-order valence-corrected chi connectivity index (χ3v) is 5.54. The number of phenolic OH excluding ortho intramolecular Hbond substituents is 1. The lowest BCUT2D eigenvalue weighted by atomic mass is 9.83. The number of anilines is 1. The van der Waals surface area contributed by atoms with Crippen LogP contribution in [0, 0.1) is 11.6 Å². The summed E-state index contributed by atoms with van der Waals surface area (Å²) >= 11 is 0. The van der Waals surface area contributed by atoms with Gasteiger partial charge in [0.1, 0.15) is 23.1 Å². The Kier molecular flexibility index (Phi) is 6.55. The van der Waals surface area contributed by atoms with Gasteiger partial charge >= 0.3 is 5.97 Å². The molecule has 0 bridgehead atoms. The minimum absolute atomic E-state index is 0.0675. The van der Waals surface area contributed by atoms with Crippen molar-refractivity contribution in [2.45, 2.75) is 44.9 Å². The van der Waals surface area contributed by atoms with Crippen LogP contribution in [0.1, 0.15) is 49.1 Å². The van der Waals surface area contributed by atoms with Gasteiger partial charge in [-0.1, -0.05) is 0 Å². The van der Waals surface area contributed by atoms with Crippen LogP contribution >= 0.6 is 0 Å². The third kappa shape index (κ3) is 4.91. The maximum atomic E-state index is 15.3. The van der Waals surface area contributed by atoms with Gasteiger partial charge in [-0.05, 0) is 74.2 Å². The van der Waals surface area contributed by atoms with E-state index in [1.807, 2.05) is 6.92 Å². The molecule has 1 aliphatic heterocycles. The Morgan fingerprint density at radius 2 is 1.91 bits per heavy atom. The van der Waals surface area contributed by atoms with Crippen LogP contribution in [0.3, 0.4) is 0 Å². The van der Waals surface area contributed by atoms with Gasteiger partial charge in [-0.2, -0.15) is 0 Å². The molecule has 3 N–H and O–H groups in total. The lowest BCUT2D eigenvalue weighted by Gasteiger charge is -2.44. The number of alkyl halides is 1. The predicted molar refractivity (Wildman–Crippen MR) is 117 cm³/mol. The minimum atomic E-state index is -1.62. The number of benzene rings is 2. The van der Waals surface area contributed by atoms with Crippen LogP contribution in [0.15, 0.2) is 30.3 Å². The van der Waals surface area contributed by atoms with Gasteiger partial charge < -0.3 is 15.6 Å². The Bertz CT molecular complexity index is 1040. The number of carbonyl (C=O) groups excluding carboxylic acids is 1. The first-order chi connectivity index (χ1) is 14.9. The standard InChI is InChI=1S/C24H27F3N2O3/c1-13-7-15-10-20(30)19(28)11-16(15)23(29(13)12-24(2,3)27)22-17(25)8-14(9-18(22)26)5-6-21(31)32-4/h5-6,8-11,13,23,30H,7,12,28H2,1-4H3/b6-5+/t13-,23+/m0/s1. The average molecular weight is 448 g/mol. The fraction of sp³-hybridized carbons (Fsp3) is 0.375. The van der Waals surface area contributed by atoms with Gasteiger partial charge in [0.05, 0.1) is 18.8 Å². The number of fused-ring (bicyclic) bond motifs is 1. The Morgan fingerprint density at radius 3 is 2.47 bits per heavy atom. The summed E-state index contributed by atoms with van der Waals surface area (Å²) in [6, 6.07) is 3.99. The molecule has 3 rings (SSSR count). The Hall–Kier alpha value is -3.00. The van der Waals surface area contributed by atoms with Crippen LogP contribution in [0.2, 0.25) is 0 Å². The van der Waals surface area contributed by atoms with Crippen molar-refractivity contribution >= 4 is 17.7 Å². The van der Waals surface area contributed by atoms with E-state index in [0.29, 0.717) is 17.5 Å². The van der Waals surface area contributed by atoms with Crippen molar-refractivity contribution in [3.05, 3.63) is 64.2 Å². The summed E-state index contributed by atoms with van der Waals surface area (Å²) in [5.74, 6) is -2.45. The number of phenols is 1. The average Bonchev–Trinajstić information content (AvgIpc) is 2.68. The monoisotopic (exact) mass is 448 g/mol. The number of rotatable bonds is 5. The number of carbonyl (C=O) groups is 1. The molecule has 0 aliphatic carbocycles. The molecule has 0 unspecified atom stereocenters. The molecule has 32 heavy (non-hydrogen) atoms. The number of esters is 1. The van der Waals surface area contributed by atoms with Gasteiger partial charge in [0.15, 0.2) is 0 Å². The van der Waals surface area contributed by atoms with Gasteiger partial charge in [0.25, 0.3) is 0 Å². The van der Waals surface area contributed by atoms with Crippen molar-refractivity contribution in [1.29, 1.82) is 0 Å².